The van der Waals surface area contributed by atoms with Crippen LogP contribution in [0.5, 0.6) is 0 Å². The van der Waals surface area contributed by atoms with Gasteiger partial charge in [0.15, 0.2) is 0 Å². The molecule has 0 saturated carbocycles. The van der Waals surface area contributed by atoms with Gasteiger partial charge in [0.25, 0.3) is 5.91 Å². The lowest BCUT2D eigenvalue weighted by molar-refractivity contribution is 0.0438. The molecule has 1 fully saturated rings. The van der Waals surface area contributed by atoms with Crippen molar-refractivity contribution >= 4 is 11.6 Å². The van der Waals surface area contributed by atoms with Crippen LogP contribution in [0.15, 0.2) is 18.2 Å². The number of fused-ring (bicyclic) bond motifs is 1. The molecule has 1 saturated heterocycles. The van der Waals surface area contributed by atoms with Gasteiger partial charge < -0.3 is 15.3 Å². The molecule has 1 aromatic rings. The minimum atomic E-state index is -0.636. The van der Waals surface area contributed by atoms with Crippen LogP contribution in [0.1, 0.15) is 48.5 Å². The smallest absolute Gasteiger partial charge is 0.255 e. The Morgan fingerprint density at radius 2 is 2.14 bits per heavy atom. The molecule has 1 atom stereocenters. The number of rotatable bonds is 1. The first-order chi connectivity index (χ1) is 10.1. The lowest BCUT2D eigenvalue weighted by Crippen LogP contribution is -2.34. The van der Waals surface area contributed by atoms with Crippen LogP contribution in [-0.4, -0.2) is 41.1 Å². The maximum atomic E-state index is 12.8. The van der Waals surface area contributed by atoms with Crippen molar-refractivity contribution in [3.63, 3.8) is 0 Å². The van der Waals surface area contributed by atoms with Crippen LogP contribution < -0.4 is 5.32 Å². The van der Waals surface area contributed by atoms with Crippen LogP contribution in [0.2, 0.25) is 0 Å². The molecule has 2 N–H and O–H groups in total. The Kier molecular flexibility index (Phi) is 3.89. The van der Waals surface area contributed by atoms with Crippen LogP contribution in [0.25, 0.3) is 0 Å². The molecule has 1 aromatic carbocycles. The number of aryl methyl sites for hydroxylation is 1. The Labute approximate surface area is 126 Å². The van der Waals surface area contributed by atoms with Crippen LogP contribution in [0.3, 0.4) is 0 Å². The minimum Gasteiger partial charge on any atom is -0.390 e. The molecule has 2 aliphatic heterocycles. The number of benzene rings is 1. The zero-order valence-corrected chi connectivity index (χ0v) is 12.7. The number of hydrogen-bond acceptors (Lipinski definition) is 3. The average molecular weight is 288 g/mol. The number of aliphatic hydroxyl groups is 1. The summed E-state index contributed by atoms with van der Waals surface area (Å²) >= 11 is 0. The fraction of sp³-hybridized carbons (Fsp3) is 0.588. The minimum absolute atomic E-state index is 0.0963. The van der Waals surface area contributed by atoms with E-state index in [0.717, 1.165) is 50.0 Å². The summed E-state index contributed by atoms with van der Waals surface area (Å²) in [6, 6.07) is 6.00. The monoisotopic (exact) mass is 288 g/mol. The van der Waals surface area contributed by atoms with Gasteiger partial charge in [-0.2, -0.15) is 0 Å². The van der Waals surface area contributed by atoms with Gasteiger partial charge in [0.2, 0.25) is 0 Å². The predicted molar refractivity (Wildman–Crippen MR) is 83.6 cm³/mol. The fourth-order valence-corrected chi connectivity index (χ4v) is 3.32. The largest absolute Gasteiger partial charge is 0.390 e. The third kappa shape index (κ3) is 3.05. The highest BCUT2D eigenvalue weighted by molar-refractivity contribution is 6.00. The van der Waals surface area contributed by atoms with Crippen molar-refractivity contribution in [2.75, 3.05) is 25.0 Å². The molecule has 0 aliphatic carbocycles. The Morgan fingerprint density at radius 3 is 3.00 bits per heavy atom. The highest BCUT2D eigenvalue weighted by atomic mass is 16.3. The molecule has 1 unspecified atom stereocenters. The number of nitrogens with one attached hydrogen (secondary N) is 1. The van der Waals surface area contributed by atoms with Crippen molar-refractivity contribution in [3.05, 3.63) is 29.3 Å². The van der Waals surface area contributed by atoms with Crippen LogP contribution in [0, 0.1) is 0 Å². The molecule has 0 aromatic heterocycles. The topological polar surface area (TPSA) is 52.6 Å². The average Bonchev–Trinajstić information content (AvgIpc) is 2.67. The van der Waals surface area contributed by atoms with Crippen LogP contribution in [0.4, 0.5) is 5.69 Å². The van der Waals surface area contributed by atoms with Gasteiger partial charge in [-0.1, -0.05) is 12.1 Å². The van der Waals surface area contributed by atoms with Crippen molar-refractivity contribution in [3.8, 4) is 0 Å². The zero-order chi connectivity index (χ0) is 14.9. The van der Waals surface area contributed by atoms with E-state index in [1.807, 2.05) is 24.0 Å². The highest BCUT2D eigenvalue weighted by Gasteiger charge is 2.28. The molecule has 3 rings (SSSR count). The molecule has 114 valence electrons. The van der Waals surface area contributed by atoms with E-state index in [0.29, 0.717) is 13.0 Å². The van der Waals surface area contributed by atoms with E-state index in [-0.39, 0.29) is 5.91 Å². The lowest BCUT2D eigenvalue weighted by atomic mass is 9.98. The summed E-state index contributed by atoms with van der Waals surface area (Å²) < 4.78 is 0. The number of carbonyl (C=O) groups is 1. The number of carbonyl (C=O) groups excluding carboxylic acids is 1. The Hall–Kier alpha value is -1.55. The number of hydrogen-bond donors (Lipinski definition) is 2. The number of amides is 1. The Morgan fingerprint density at radius 1 is 1.29 bits per heavy atom. The van der Waals surface area contributed by atoms with Gasteiger partial charge in [-0.25, -0.2) is 0 Å². The van der Waals surface area contributed by atoms with Gasteiger partial charge in [-0.15, -0.1) is 0 Å². The first-order valence-corrected chi connectivity index (χ1v) is 7.94. The number of anilines is 1. The third-order valence-electron chi connectivity index (χ3n) is 4.66. The maximum Gasteiger partial charge on any atom is 0.255 e. The second-order valence-corrected chi connectivity index (χ2v) is 6.51. The first-order valence-electron chi connectivity index (χ1n) is 7.94. The van der Waals surface area contributed by atoms with E-state index in [1.165, 1.54) is 5.56 Å². The van der Waals surface area contributed by atoms with Crippen molar-refractivity contribution in [2.24, 2.45) is 0 Å². The van der Waals surface area contributed by atoms with Crippen molar-refractivity contribution in [1.29, 1.82) is 0 Å². The molecule has 0 bridgehead atoms. The molecule has 4 heteroatoms. The fourth-order valence-electron chi connectivity index (χ4n) is 3.32. The molecule has 0 radical (unpaired) electrons. The molecule has 21 heavy (non-hydrogen) atoms. The SMILES string of the molecule is CC1(O)CCCN(C(=O)c2cccc3c2NCCC3)CC1. The summed E-state index contributed by atoms with van der Waals surface area (Å²) in [5.41, 5.74) is 2.41. The highest BCUT2D eigenvalue weighted by Crippen LogP contribution is 2.28. The van der Waals surface area contributed by atoms with E-state index in [1.54, 1.807) is 0 Å². The Bertz CT molecular complexity index is 540. The summed E-state index contributed by atoms with van der Waals surface area (Å²) in [7, 11) is 0. The van der Waals surface area contributed by atoms with E-state index in [2.05, 4.69) is 11.4 Å². The molecule has 4 nitrogen and oxygen atoms in total. The van der Waals surface area contributed by atoms with Gasteiger partial charge in [0.05, 0.1) is 16.9 Å². The summed E-state index contributed by atoms with van der Waals surface area (Å²) in [4.78, 5) is 14.7. The maximum absolute atomic E-state index is 12.8. The van der Waals surface area contributed by atoms with Gasteiger partial charge in [0.1, 0.15) is 0 Å². The predicted octanol–water partition coefficient (Wildman–Crippen LogP) is 2.42. The Balaban J connectivity index is 1.82. The standard InChI is InChI=1S/C17H24N2O2/c1-17(21)8-4-11-19(12-9-17)16(20)14-7-2-5-13-6-3-10-18-15(13)14/h2,5,7,18,21H,3-4,6,8-12H2,1H3. The van der Waals surface area contributed by atoms with Gasteiger partial charge in [0, 0.05) is 19.6 Å². The number of likely N-dealkylation sites (tertiary alicyclic amines) is 1. The summed E-state index contributed by atoms with van der Waals surface area (Å²) in [6.45, 7) is 4.17. The molecular weight excluding hydrogens is 264 g/mol. The molecule has 0 spiro atoms. The van der Waals surface area contributed by atoms with Crippen molar-refractivity contribution in [1.82, 2.24) is 4.90 Å². The van der Waals surface area contributed by atoms with Crippen molar-refractivity contribution < 1.29 is 9.90 Å². The molecule has 2 aliphatic rings. The van der Waals surface area contributed by atoms with E-state index in [4.69, 9.17) is 0 Å². The van der Waals surface area contributed by atoms with Gasteiger partial charge in [-0.05, 0) is 50.7 Å². The van der Waals surface area contributed by atoms with Gasteiger partial charge in [-0.3, -0.25) is 4.79 Å². The third-order valence-corrected chi connectivity index (χ3v) is 4.66. The second kappa shape index (κ2) is 5.68. The summed E-state index contributed by atoms with van der Waals surface area (Å²) in [6.07, 6.45) is 4.44. The number of para-hydroxylation sites is 1. The normalized spacial score (nSPS) is 25.7. The summed E-state index contributed by atoms with van der Waals surface area (Å²) in [5, 5.41) is 13.6. The molecule has 2 heterocycles. The first kappa shape index (κ1) is 14.4. The lowest BCUT2D eigenvalue weighted by Gasteiger charge is -2.26. The van der Waals surface area contributed by atoms with E-state index >= 15 is 0 Å². The molecule has 1 amide bonds. The van der Waals surface area contributed by atoms with Crippen molar-refractivity contribution in [2.45, 2.75) is 44.6 Å². The van der Waals surface area contributed by atoms with Gasteiger partial charge >= 0.3 is 0 Å². The van der Waals surface area contributed by atoms with Crippen LogP contribution in [-0.2, 0) is 6.42 Å². The second-order valence-electron chi connectivity index (χ2n) is 6.51. The van der Waals surface area contributed by atoms with E-state index < -0.39 is 5.60 Å². The molecular formula is C17H24N2O2. The quantitative estimate of drug-likeness (QED) is 0.834. The van der Waals surface area contributed by atoms with E-state index in [9.17, 15) is 9.90 Å². The van der Waals surface area contributed by atoms with Crippen LogP contribution >= 0.6 is 0 Å². The summed E-state index contributed by atoms with van der Waals surface area (Å²) in [5.74, 6) is 0.0963. The zero-order valence-electron chi connectivity index (χ0n) is 12.7. The number of nitrogens with zero attached hydrogens (tertiary/aromatic N) is 1.